The van der Waals surface area contributed by atoms with Crippen LogP contribution in [0.5, 0.6) is 0 Å². The van der Waals surface area contributed by atoms with Crippen molar-refractivity contribution in [3.63, 3.8) is 0 Å². The molecule has 0 aliphatic carbocycles. The highest BCUT2D eigenvalue weighted by Crippen LogP contribution is 2.38. The second-order valence-electron chi connectivity index (χ2n) is 3.91. The SMILES string of the molecule is CC(C)NC(=S)Nc1c(Cl)cccc1C(F)(F)F. The monoisotopic (exact) mass is 296 g/mol. The van der Waals surface area contributed by atoms with E-state index in [1.165, 1.54) is 12.1 Å². The number of halogens is 4. The van der Waals surface area contributed by atoms with Gasteiger partial charge in [-0.1, -0.05) is 17.7 Å². The van der Waals surface area contributed by atoms with Crippen molar-refractivity contribution in [2.45, 2.75) is 26.1 Å². The van der Waals surface area contributed by atoms with Gasteiger partial charge in [0.25, 0.3) is 0 Å². The van der Waals surface area contributed by atoms with Crippen LogP contribution in [-0.2, 0) is 6.18 Å². The summed E-state index contributed by atoms with van der Waals surface area (Å²) in [5.74, 6) is 0. The molecule has 0 bridgehead atoms. The lowest BCUT2D eigenvalue weighted by atomic mass is 10.1. The Morgan fingerprint density at radius 3 is 2.44 bits per heavy atom. The van der Waals surface area contributed by atoms with Gasteiger partial charge in [-0.25, -0.2) is 0 Å². The van der Waals surface area contributed by atoms with E-state index in [0.29, 0.717) is 0 Å². The molecule has 2 N–H and O–H groups in total. The standard InChI is InChI=1S/C11H12ClF3N2S/c1-6(2)16-10(18)17-9-7(11(13,14)15)4-3-5-8(9)12/h3-6H,1-2H3,(H2,16,17,18). The molecule has 100 valence electrons. The molecule has 0 atom stereocenters. The first-order valence-corrected chi connectivity index (χ1v) is 5.93. The van der Waals surface area contributed by atoms with Gasteiger partial charge in [0.1, 0.15) is 0 Å². The van der Waals surface area contributed by atoms with Crippen molar-refractivity contribution in [1.29, 1.82) is 0 Å². The minimum absolute atomic E-state index is 0.0156. The zero-order valence-corrected chi connectivity index (χ0v) is 11.3. The number of rotatable bonds is 2. The minimum Gasteiger partial charge on any atom is -0.360 e. The van der Waals surface area contributed by atoms with Crippen LogP contribution in [0.25, 0.3) is 0 Å². The fourth-order valence-corrected chi connectivity index (χ4v) is 1.86. The number of nitrogens with one attached hydrogen (secondary N) is 2. The van der Waals surface area contributed by atoms with E-state index in [2.05, 4.69) is 10.6 Å². The Morgan fingerprint density at radius 2 is 1.94 bits per heavy atom. The molecule has 0 saturated heterocycles. The number of alkyl halides is 3. The molecular formula is C11H12ClF3N2S. The van der Waals surface area contributed by atoms with E-state index in [0.717, 1.165) is 6.07 Å². The summed E-state index contributed by atoms with van der Waals surface area (Å²) < 4.78 is 38.3. The third kappa shape index (κ3) is 4.03. The van der Waals surface area contributed by atoms with Crippen LogP contribution < -0.4 is 10.6 Å². The Kier molecular flexibility index (Phi) is 4.81. The van der Waals surface area contributed by atoms with E-state index in [-0.39, 0.29) is 21.9 Å². The summed E-state index contributed by atoms with van der Waals surface area (Å²) >= 11 is 10.7. The Balaban J connectivity index is 3.04. The van der Waals surface area contributed by atoms with E-state index in [1.807, 2.05) is 13.8 Å². The Hall–Kier alpha value is -1.01. The van der Waals surface area contributed by atoms with Gasteiger partial charge in [-0.05, 0) is 38.2 Å². The van der Waals surface area contributed by atoms with Crippen LogP contribution >= 0.6 is 23.8 Å². The summed E-state index contributed by atoms with van der Waals surface area (Å²) in [4.78, 5) is 0. The smallest absolute Gasteiger partial charge is 0.360 e. The van der Waals surface area contributed by atoms with Crippen molar-refractivity contribution in [3.05, 3.63) is 28.8 Å². The average Bonchev–Trinajstić information content (AvgIpc) is 2.18. The molecule has 1 aromatic rings. The van der Waals surface area contributed by atoms with Crippen molar-refractivity contribution < 1.29 is 13.2 Å². The van der Waals surface area contributed by atoms with Gasteiger partial charge in [-0.3, -0.25) is 0 Å². The minimum atomic E-state index is -4.49. The summed E-state index contributed by atoms with van der Waals surface area (Å²) in [5, 5.41) is 5.35. The summed E-state index contributed by atoms with van der Waals surface area (Å²) in [6.45, 7) is 3.65. The summed E-state index contributed by atoms with van der Waals surface area (Å²) in [5.41, 5.74) is -1.08. The maximum atomic E-state index is 12.8. The fourth-order valence-electron chi connectivity index (χ4n) is 1.30. The van der Waals surface area contributed by atoms with Crippen molar-refractivity contribution in [2.24, 2.45) is 0 Å². The van der Waals surface area contributed by atoms with Crippen LogP contribution in [0.2, 0.25) is 5.02 Å². The third-order valence-electron chi connectivity index (χ3n) is 1.98. The summed E-state index contributed by atoms with van der Waals surface area (Å²) in [6, 6.07) is 3.58. The van der Waals surface area contributed by atoms with Crippen LogP contribution in [0.15, 0.2) is 18.2 Å². The van der Waals surface area contributed by atoms with E-state index in [9.17, 15) is 13.2 Å². The number of thiocarbonyl (C=S) groups is 1. The molecule has 2 nitrogen and oxygen atoms in total. The molecule has 18 heavy (non-hydrogen) atoms. The van der Waals surface area contributed by atoms with Gasteiger partial charge >= 0.3 is 6.18 Å². The van der Waals surface area contributed by atoms with Crippen LogP contribution in [0, 0.1) is 0 Å². The predicted octanol–water partition coefficient (Wildman–Crippen LogP) is 4.05. The summed E-state index contributed by atoms with van der Waals surface area (Å²) in [6.07, 6.45) is -4.49. The van der Waals surface area contributed by atoms with E-state index >= 15 is 0 Å². The molecule has 7 heteroatoms. The van der Waals surface area contributed by atoms with Crippen LogP contribution in [-0.4, -0.2) is 11.2 Å². The molecule has 0 aromatic heterocycles. The van der Waals surface area contributed by atoms with E-state index in [1.54, 1.807) is 0 Å². The molecule has 1 aromatic carbocycles. The first-order chi connectivity index (χ1) is 8.21. The lowest BCUT2D eigenvalue weighted by molar-refractivity contribution is -0.136. The quantitative estimate of drug-likeness (QED) is 0.805. The Bertz CT molecular complexity index is 446. The van der Waals surface area contributed by atoms with E-state index < -0.39 is 11.7 Å². The molecule has 0 fully saturated rings. The lowest BCUT2D eigenvalue weighted by Crippen LogP contribution is -2.34. The van der Waals surface area contributed by atoms with Crippen molar-refractivity contribution in [2.75, 3.05) is 5.32 Å². The molecule has 0 heterocycles. The van der Waals surface area contributed by atoms with Crippen molar-refractivity contribution in [1.82, 2.24) is 5.32 Å². The number of para-hydroxylation sites is 1. The number of hydrogen-bond donors (Lipinski definition) is 2. The fraction of sp³-hybridized carbons (Fsp3) is 0.364. The van der Waals surface area contributed by atoms with Gasteiger partial charge in [0.05, 0.1) is 16.3 Å². The van der Waals surface area contributed by atoms with Crippen LogP contribution in [0.3, 0.4) is 0 Å². The third-order valence-corrected chi connectivity index (χ3v) is 2.51. The van der Waals surface area contributed by atoms with Gasteiger partial charge in [0.2, 0.25) is 0 Å². The predicted molar refractivity (Wildman–Crippen MR) is 70.9 cm³/mol. The zero-order chi connectivity index (χ0) is 13.9. The molecule has 0 amide bonds. The maximum Gasteiger partial charge on any atom is 0.418 e. The van der Waals surface area contributed by atoms with Crippen molar-refractivity contribution in [3.8, 4) is 0 Å². The normalized spacial score (nSPS) is 11.5. The van der Waals surface area contributed by atoms with Gasteiger partial charge in [0.15, 0.2) is 5.11 Å². The number of benzene rings is 1. The Morgan fingerprint density at radius 1 is 1.33 bits per heavy atom. The van der Waals surface area contributed by atoms with Crippen LogP contribution in [0.4, 0.5) is 18.9 Å². The molecule has 0 saturated carbocycles. The topological polar surface area (TPSA) is 24.1 Å². The zero-order valence-electron chi connectivity index (χ0n) is 9.73. The van der Waals surface area contributed by atoms with E-state index in [4.69, 9.17) is 23.8 Å². The summed E-state index contributed by atoms with van der Waals surface area (Å²) in [7, 11) is 0. The average molecular weight is 297 g/mol. The molecule has 1 rings (SSSR count). The molecule has 0 spiro atoms. The molecular weight excluding hydrogens is 285 g/mol. The highest BCUT2D eigenvalue weighted by molar-refractivity contribution is 7.80. The second kappa shape index (κ2) is 5.75. The maximum absolute atomic E-state index is 12.8. The van der Waals surface area contributed by atoms with Gasteiger partial charge in [-0.15, -0.1) is 0 Å². The van der Waals surface area contributed by atoms with Gasteiger partial charge in [-0.2, -0.15) is 13.2 Å². The first-order valence-electron chi connectivity index (χ1n) is 5.15. The largest absolute Gasteiger partial charge is 0.418 e. The molecule has 0 unspecified atom stereocenters. The molecule has 0 radical (unpaired) electrons. The highest BCUT2D eigenvalue weighted by atomic mass is 35.5. The van der Waals surface area contributed by atoms with Crippen molar-refractivity contribution >= 4 is 34.6 Å². The number of hydrogen-bond acceptors (Lipinski definition) is 1. The highest BCUT2D eigenvalue weighted by Gasteiger charge is 2.34. The molecule has 0 aliphatic rings. The second-order valence-corrected chi connectivity index (χ2v) is 4.73. The van der Waals surface area contributed by atoms with Gasteiger partial charge < -0.3 is 10.6 Å². The molecule has 0 aliphatic heterocycles. The Labute approximate surface area is 114 Å². The lowest BCUT2D eigenvalue weighted by Gasteiger charge is -2.18. The van der Waals surface area contributed by atoms with Gasteiger partial charge in [0, 0.05) is 6.04 Å². The number of anilines is 1. The first kappa shape index (κ1) is 15.0. The van der Waals surface area contributed by atoms with Crippen LogP contribution in [0.1, 0.15) is 19.4 Å².